The Morgan fingerprint density at radius 3 is 2.88 bits per heavy atom. The number of hydrogen-bond acceptors (Lipinski definition) is 5. The average Bonchev–Trinajstić information content (AvgIpc) is 3.58. The minimum atomic E-state index is 0.0732. The maximum atomic E-state index is 11.8. The number of aryl methyl sites for hydroxylation is 1. The van der Waals surface area contributed by atoms with Gasteiger partial charge in [-0.1, -0.05) is 0 Å². The normalized spacial score (nSPS) is 12.7. The first kappa shape index (κ1) is 19.4. The van der Waals surface area contributed by atoms with Crippen molar-refractivity contribution in [3.63, 3.8) is 0 Å². The molecule has 8 heteroatoms. The second-order valence-electron chi connectivity index (χ2n) is 7.88. The molecule has 1 aliphatic rings. The molecular formula is C25H18N6OS. The molecule has 5 aromatic heterocycles. The third-order valence-corrected chi connectivity index (χ3v) is 6.86. The monoisotopic (exact) mass is 450 g/mol. The number of carbonyl (C=O) groups is 1. The van der Waals surface area contributed by atoms with Crippen molar-refractivity contribution in [1.82, 2.24) is 29.9 Å². The van der Waals surface area contributed by atoms with Crippen LogP contribution >= 0.6 is 11.3 Å². The van der Waals surface area contributed by atoms with Gasteiger partial charge in [-0.25, -0.2) is 4.98 Å². The van der Waals surface area contributed by atoms with Gasteiger partial charge in [0.15, 0.2) is 11.4 Å². The van der Waals surface area contributed by atoms with Crippen LogP contribution in [0.25, 0.3) is 45.2 Å². The summed E-state index contributed by atoms with van der Waals surface area (Å²) in [5, 5.41) is 12.8. The Hall–Kier alpha value is -4.26. The van der Waals surface area contributed by atoms with E-state index in [2.05, 4.69) is 43.1 Å². The van der Waals surface area contributed by atoms with Crippen molar-refractivity contribution in [2.24, 2.45) is 7.05 Å². The second kappa shape index (κ2) is 7.41. The number of carbonyl (C=O) groups excluding carboxylic acids is 1. The van der Waals surface area contributed by atoms with E-state index < -0.39 is 0 Å². The van der Waals surface area contributed by atoms with E-state index in [1.54, 1.807) is 11.6 Å². The lowest BCUT2D eigenvalue weighted by Crippen LogP contribution is -1.85. The minimum Gasteiger partial charge on any atom is -0.353 e. The number of nitrogens with zero attached hydrogens (tertiary/aromatic N) is 4. The number of allylic oxidation sites excluding steroid dienone is 2. The largest absolute Gasteiger partial charge is 0.353 e. The summed E-state index contributed by atoms with van der Waals surface area (Å²) < 4.78 is 1.77. The Morgan fingerprint density at radius 1 is 1.18 bits per heavy atom. The van der Waals surface area contributed by atoms with Crippen molar-refractivity contribution in [3.8, 4) is 22.5 Å². The van der Waals surface area contributed by atoms with Crippen LogP contribution in [-0.4, -0.2) is 35.7 Å². The summed E-state index contributed by atoms with van der Waals surface area (Å²) in [6, 6.07) is 8.05. The van der Waals surface area contributed by atoms with Crippen LogP contribution in [-0.2, 0) is 7.05 Å². The fourth-order valence-electron chi connectivity index (χ4n) is 4.01. The van der Waals surface area contributed by atoms with Gasteiger partial charge < -0.3 is 4.98 Å². The molecule has 0 aliphatic heterocycles. The van der Waals surface area contributed by atoms with Crippen molar-refractivity contribution in [2.75, 3.05) is 0 Å². The molecule has 0 radical (unpaired) electrons. The Balaban J connectivity index is 1.46. The van der Waals surface area contributed by atoms with Gasteiger partial charge in [-0.2, -0.15) is 10.2 Å². The molecule has 6 rings (SSSR count). The molecule has 1 aliphatic carbocycles. The van der Waals surface area contributed by atoms with Crippen LogP contribution in [0.4, 0.5) is 0 Å². The highest BCUT2D eigenvalue weighted by Gasteiger charge is 2.19. The highest BCUT2D eigenvalue weighted by molar-refractivity contribution is 7.15. The first-order chi connectivity index (χ1) is 16.1. The fourth-order valence-corrected chi connectivity index (χ4v) is 4.95. The van der Waals surface area contributed by atoms with E-state index in [1.807, 2.05) is 56.0 Å². The summed E-state index contributed by atoms with van der Waals surface area (Å²) in [4.78, 5) is 21.6. The highest BCUT2D eigenvalue weighted by atomic mass is 32.1. The minimum absolute atomic E-state index is 0.0732. The highest BCUT2D eigenvalue weighted by Crippen LogP contribution is 2.37. The van der Waals surface area contributed by atoms with Gasteiger partial charge in [0.05, 0.1) is 22.5 Å². The average molecular weight is 451 g/mol. The molecule has 0 atom stereocenters. The number of fused-ring (bicyclic) bond motifs is 2. The van der Waals surface area contributed by atoms with Gasteiger partial charge in [0.25, 0.3) is 0 Å². The zero-order chi connectivity index (χ0) is 22.5. The summed E-state index contributed by atoms with van der Waals surface area (Å²) in [7, 11) is 1.89. The summed E-state index contributed by atoms with van der Waals surface area (Å²) in [6.07, 6.45) is 11.5. The molecule has 7 nitrogen and oxygen atoms in total. The summed E-state index contributed by atoms with van der Waals surface area (Å²) in [6.45, 7) is 1.59. The van der Waals surface area contributed by atoms with E-state index in [9.17, 15) is 4.79 Å². The van der Waals surface area contributed by atoms with E-state index in [4.69, 9.17) is 0 Å². The second-order valence-corrected chi connectivity index (χ2v) is 8.97. The molecule has 0 saturated heterocycles. The van der Waals surface area contributed by atoms with Gasteiger partial charge in [-0.15, -0.1) is 17.1 Å². The quantitative estimate of drug-likeness (QED) is 0.290. The lowest BCUT2D eigenvalue weighted by atomic mass is 10.0. The first-order valence-electron chi connectivity index (χ1n) is 10.4. The summed E-state index contributed by atoms with van der Waals surface area (Å²) in [5.41, 5.74) is 10.6. The number of aromatic amines is 2. The van der Waals surface area contributed by atoms with E-state index in [0.717, 1.165) is 60.1 Å². The zero-order valence-electron chi connectivity index (χ0n) is 17.9. The predicted molar refractivity (Wildman–Crippen MR) is 130 cm³/mol. The zero-order valence-corrected chi connectivity index (χ0v) is 18.7. The molecule has 0 spiro atoms. The molecule has 5 aromatic rings. The Morgan fingerprint density at radius 2 is 2.09 bits per heavy atom. The number of ketones is 1. The van der Waals surface area contributed by atoms with Gasteiger partial charge in [-0.05, 0) is 43.3 Å². The molecule has 0 fully saturated rings. The Bertz CT molecular complexity index is 1650. The molecule has 0 amide bonds. The van der Waals surface area contributed by atoms with E-state index in [1.165, 1.54) is 11.3 Å². The number of pyridine rings is 1. The van der Waals surface area contributed by atoms with Crippen molar-refractivity contribution in [1.29, 1.82) is 0 Å². The number of Topliss-reactive ketones (excluding diaryl/α,β-unsaturated/α-hetero) is 1. The molecule has 0 unspecified atom stereocenters. The van der Waals surface area contributed by atoms with Crippen LogP contribution < -0.4 is 0 Å². The van der Waals surface area contributed by atoms with Gasteiger partial charge in [0.1, 0.15) is 5.69 Å². The summed E-state index contributed by atoms with van der Waals surface area (Å²) in [5.74, 6) is 0.0732. The van der Waals surface area contributed by atoms with Crippen molar-refractivity contribution >= 4 is 39.8 Å². The summed E-state index contributed by atoms with van der Waals surface area (Å²) >= 11 is 1.50. The van der Waals surface area contributed by atoms with Crippen molar-refractivity contribution in [2.45, 2.75) is 6.92 Å². The van der Waals surface area contributed by atoms with Gasteiger partial charge in [-0.3, -0.25) is 14.6 Å². The fraction of sp³-hybridized carbons (Fsp3) is 0.0800. The lowest BCUT2D eigenvalue weighted by Gasteiger charge is -2.02. The molecule has 0 saturated carbocycles. The molecule has 0 aromatic carbocycles. The molecule has 33 heavy (non-hydrogen) atoms. The van der Waals surface area contributed by atoms with Crippen LogP contribution in [0.5, 0.6) is 0 Å². The van der Waals surface area contributed by atoms with E-state index in [0.29, 0.717) is 0 Å². The van der Waals surface area contributed by atoms with Crippen LogP contribution in [0.15, 0.2) is 60.7 Å². The smallest absolute Gasteiger partial charge is 0.169 e. The third kappa shape index (κ3) is 3.29. The SMILES string of the molecule is CC(=O)c1ccc(C2=CC=C=Cc3[nH]c(-c4n[nH]c5ncc(-c6cnn(C)c6)cc45)cc32)s1. The maximum Gasteiger partial charge on any atom is 0.169 e. The van der Waals surface area contributed by atoms with Gasteiger partial charge in [0, 0.05) is 58.0 Å². The predicted octanol–water partition coefficient (Wildman–Crippen LogP) is 5.23. The Labute approximate surface area is 192 Å². The van der Waals surface area contributed by atoms with Crippen molar-refractivity contribution < 1.29 is 4.79 Å². The molecule has 2 N–H and O–H groups in total. The van der Waals surface area contributed by atoms with Crippen LogP contribution in [0, 0.1) is 0 Å². The third-order valence-electron chi connectivity index (χ3n) is 5.64. The van der Waals surface area contributed by atoms with Crippen LogP contribution in [0.3, 0.4) is 0 Å². The lowest BCUT2D eigenvalue weighted by molar-refractivity contribution is 0.102. The Kier molecular flexibility index (Phi) is 4.36. The first-order valence-corrected chi connectivity index (χ1v) is 11.2. The molecule has 0 bridgehead atoms. The topological polar surface area (TPSA) is 92.2 Å². The number of nitrogens with one attached hydrogen (secondary N) is 2. The van der Waals surface area contributed by atoms with E-state index >= 15 is 0 Å². The molecule has 160 valence electrons. The maximum absolute atomic E-state index is 11.8. The van der Waals surface area contributed by atoms with Crippen LogP contribution in [0.1, 0.15) is 32.7 Å². The van der Waals surface area contributed by atoms with E-state index in [-0.39, 0.29) is 5.78 Å². The van der Waals surface area contributed by atoms with Gasteiger partial charge in [0.2, 0.25) is 0 Å². The molecule has 5 heterocycles. The number of thiophene rings is 1. The number of aromatic nitrogens is 6. The van der Waals surface area contributed by atoms with Crippen molar-refractivity contribution in [3.05, 3.63) is 81.8 Å². The number of rotatable bonds is 4. The van der Waals surface area contributed by atoms with Crippen LogP contribution in [0.2, 0.25) is 0 Å². The number of H-pyrrole nitrogens is 2. The number of hydrogen-bond donors (Lipinski definition) is 2. The molecular weight excluding hydrogens is 432 g/mol. The standard InChI is InChI=1S/C25H18N6OS/c1-14(32)22-7-8-23(33-22)17-5-3-4-6-20-18(17)10-21(28-20)24-19-9-15(11-26-25(19)30-29-24)16-12-27-31(2)13-16/h3,5-13,28H,1-2H3,(H,26,29,30). The van der Waals surface area contributed by atoms with Gasteiger partial charge >= 0.3 is 0 Å².